The molecule has 0 bridgehead atoms. The van der Waals surface area contributed by atoms with Gasteiger partial charge in [0.1, 0.15) is 5.82 Å². The van der Waals surface area contributed by atoms with Gasteiger partial charge in [-0.3, -0.25) is 0 Å². The van der Waals surface area contributed by atoms with Crippen LogP contribution in [0.1, 0.15) is 32.6 Å². The number of pyridine rings is 1. The highest BCUT2D eigenvalue weighted by atomic mass is 79.9. The van der Waals surface area contributed by atoms with Gasteiger partial charge in [0, 0.05) is 12.7 Å². The van der Waals surface area contributed by atoms with Crippen LogP contribution in [0.15, 0.2) is 22.8 Å². The van der Waals surface area contributed by atoms with Crippen LogP contribution < -0.4 is 5.32 Å². The van der Waals surface area contributed by atoms with Crippen molar-refractivity contribution in [1.29, 1.82) is 0 Å². The van der Waals surface area contributed by atoms with Gasteiger partial charge in [-0.25, -0.2) is 4.98 Å². The highest BCUT2D eigenvalue weighted by Crippen LogP contribution is 2.32. The van der Waals surface area contributed by atoms with Crippen LogP contribution in [0, 0.1) is 5.92 Å². The van der Waals surface area contributed by atoms with Crippen molar-refractivity contribution in [3.8, 4) is 0 Å². The minimum atomic E-state index is -0.575. The van der Waals surface area contributed by atoms with Gasteiger partial charge in [0.15, 0.2) is 0 Å². The van der Waals surface area contributed by atoms with Crippen LogP contribution in [0.2, 0.25) is 0 Å². The first-order valence-corrected chi connectivity index (χ1v) is 6.95. The molecule has 1 heterocycles. The maximum Gasteiger partial charge on any atom is 0.140 e. The Morgan fingerprint density at radius 1 is 1.65 bits per heavy atom. The molecular weight excluding hydrogens is 280 g/mol. The van der Waals surface area contributed by atoms with Crippen LogP contribution >= 0.6 is 15.9 Å². The topological polar surface area (TPSA) is 45.1 Å². The first-order chi connectivity index (χ1) is 8.09. The number of nitrogens with one attached hydrogen (secondary N) is 1. The molecule has 0 aliphatic heterocycles. The lowest BCUT2D eigenvalue weighted by atomic mass is 9.79. The number of halogens is 1. The molecule has 0 amide bonds. The van der Waals surface area contributed by atoms with Gasteiger partial charge in [-0.15, -0.1) is 0 Å². The molecule has 1 fully saturated rings. The van der Waals surface area contributed by atoms with E-state index in [9.17, 15) is 5.11 Å². The number of hydrogen-bond acceptors (Lipinski definition) is 3. The molecule has 1 aromatic heterocycles. The van der Waals surface area contributed by atoms with Gasteiger partial charge in [0.2, 0.25) is 0 Å². The van der Waals surface area contributed by atoms with E-state index in [1.165, 1.54) is 6.42 Å². The summed E-state index contributed by atoms with van der Waals surface area (Å²) >= 11 is 3.44. The maximum atomic E-state index is 10.5. The third kappa shape index (κ3) is 3.42. The molecule has 3 nitrogen and oxygen atoms in total. The van der Waals surface area contributed by atoms with Crippen molar-refractivity contribution in [3.05, 3.63) is 22.8 Å². The van der Waals surface area contributed by atoms with Crippen molar-refractivity contribution in [2.75, 3.05) is 11.9 Å². The highest BCUT2D eigenvalue weighted by Gasteiger charge is 2.32. The molecule has 1 saturated carbocycles. The smallest absolute Gasteiger partial charge is 0.140 e. The number of aliphatic hydroxyl groups is 1. The SMILES string of the molecule is CC1CCCC(O)(CNc2ncccc2Br)C1. The first-order valence-electron chi connectivity index (χ1n) is 6.16. The summed E-state index contributed by atoms with van der Waals surface area (Å²) in [5.74, 6) is 1.42. The lowest BCUT2D eigenvalue weighted by Gasteiger charge is -2.35. The molecule has 0 spiro atoms. The largest absolute Gasteiger partial charge is 0.388 e. The fourth-order valence-electron chi connectivity index (χ4n) is 2.56. The summed E-state index contributed by atoms with van der Waals surface area (Å²) in [7, 11) is 0. The van der Waals surface area contributed by atoms with Gasteiger partial charge in [-0.1, -0.05) is 19.8 Å². The van der Waals surface area contributed by atoms with Crippen molar-refractivity contribution >= 4 is 21.7 Å². The zero-order valence-electron chi connectivity index (χ0n) is 10.1. The number of anilines is 1. The Morgan fingerprint density at radius 2 is 2.47 bits per heavy atom. The predicted octanol–water partition coefficient (Wildman–Crippen LogP) is 3.20. The molecule has 2 rings (SSSR count). The van der Waals surface area contributed by atoms with Crippen LogP contribution in [-0.4, -0.2) is 22.2 Å². The van der Waals surface area contributed by atoms with Crippen molar-refractivity contribution < 1.29 is 5.11 Å². The summed E-state index contributed by atoms with van der Waals surface area (Å²) in [5.41, 5.74) is -0.575. The predicted molar refractivity (Wildman–Crippen MR) is 73.0 cm³/mol. The Morgan fingerprint density at radius 3 is 3.18 bits per heavy atom. The summed E-state index contributed by atoms with van der Waals surface area (Å²) in [6.07, 6.45) is 5.86. The van der Waals surface area contributed by atoms with Crippen molar-refractivity contribution in [3.63, 3.8) is 0 Å². The van der Waals surface area contributed by atoms with Gasteiger partial charge in [-0.05, 0) is 46.8 Å². The normalized spacial score (nSPS) is 29.0. The molecule has 2 unspecified atom stereocenters. The molecule has 2 atom stereocenters. The van der Waals surface area contributed by atoms with Gasteiger partial charge >= 0.3 is 0 Å². The van der Waals surface area contributed by atoms with E-state index in [0.717, 1.165) is 29.6 Å². The number of aromatic nitrogens is 1. The second-order valence-corrected chi connectivity index (χ2v) is 5.97. The van der Waals surface area contributed by atoms with E-state index in [4.69, 9.17) is 0 Å². The van der Waals surface area contributed by atoms with Crippen LogP contribution in [0.3, 0.4) is 0 Å². The van der Waals surface area contributed by atoms with Crippen LogP contribution in [0.4, 0.5) is 5.82 Å². The molecule has 0 saturated heterocycles. The Labute approximate surface area is 111 Å². The summed E-state index contributed by atoms with van der Waals surface area (Å²) in [5, 5.41) is 13.7. The van der Waals surface area contributed by atoms with Crippen LogP contribution in [0.5, 0.6) is 0 Å². The Kier molecular flexibility index (Phi) is 4.05. The van der Waals surface area contributed by atoms with Gasteiger partial charge in [0.05, 0.1) is 10.1 Å². The summed E-state index contributed by atoms with van der Waals surface area (Å²) in [4.78, 5) is 4.24. The zero-order valence-corrected chi connectivity index (χ0v) is 11.7. The number of hydrogen-bond donors (Lipinski definition) is 2. The van der Waals surface area contributed by atoms with E-state index in [1.54, 1.807) is 6.20 Å². The molecule has 0 aromatic carbocycles. The van der Waals surface area contributed by atoms with Gasteiger partial charge in [-0.2, -0.15) is 0 Å². The van der Waals surface area contributed by atoms with E-state index in [0.29, 0.717) is 12.5 Å². The van der Waals surface area contributed by atoms with Gasteiger partial charge in [0.25, 0.3) is 0 Å². The molecule has 0 radical (unpaired) electrons. The number of rotatable bonds is 3. The van der Waals surface area contributed by atoms with E-state index < -0.39 is 5.60 Å². The fourth-order valence-corrected chi connectivity index (χ4v) is 2.95. The summed E-state index contributed by atoms with van der Waals surface area (Å²) in [6.45, 7) is 2.79. The lowest BCUT2D eigenvalue weighted by molar-refractivity contribution is -0.000835. The van der Waals surface area contributed by atoms with Crippen LogP contribution in [0.25, 0.3) is 0 Å². The minimum Gasteiger partial charge on any atom is -0.388 e. The first kappa shape index (κ1) is 12.8. The number of nitrogens with zero attached hydrogens (tertiary/aromatic N) is 1. The van der Waals surface area contributed by atoms with Crippen LogP contribution in [-0.2, 0) is 0 Å². The zero-order chi connectivity index (χ0) is 12.3. The molecule has 1 aliphatic carbocycles. The highest BCUT2D eigenvalue weighted by molar-refractivity contribution is 9.10. The monoisotopic (exact) mass is 298 g/mol. The molecule has 4 heteroatoms. The lowest BCUT2D eigenvalue weighted by Crippen LogP contribution is -2.41. The Hall–Kier alpha value is -0.610. The molecule has 2 N–H and O–H groups in total. The molecular formula is C13H19BrN2O. The second-order valence-electron chi connectivity index (χ2n) is 5.11. The van der Waals surface area contributed by atoms with Crippen molar-refractivity contribution in [2.45, 2.75) is 38.2 Å². The third-order valence-corrected chi connectivity index (χ3v) is 4.05. The molecule has 17 heavy (non-hydrogen) atoms. The third-order valence-electron chi connectivity index (χ3n) is 3.41. The Balaban J connectivity index is 1.95. The minimum absolute atomic E-state index is 0.575. The van der Waals surface area contributed by atoms with E-state index in [2.05, 4.69) is 33.2 Å². The molecule has 1 aromatic rings. The summed E-state index contributed by atoms with van der Waals surface area (Å²) < 4.78 is 0.937. The van der Waals surface area contributed by atoms with Crippen molar-refractivity contribution in [2.24, 2.45) is 5.92 Å². The average Bonchev–Trinajstić information content (AvgIpc) is 2.28. The maximum absolute atomic E-state index is 10.5. The summed E-state index contributed by atoms with van der Waals surface area (Å²) in [6, 6.07) is 3.83. The second kappa shape index (κ2) is 5.36. The standard InChI is InChI=1S/C13H19BrN2O/c1-10-4-2-6-13(17,8-10)9-16-12-11(14)5-3-7-15-12/h3,5,7,10,17H,2,4,6,8-9H2,1H3,(H,15,16). The quantitative estimate of drug-likeness (QED) is 0.901. The molecule has 94 valence electrons. The van der Waals surface area contributed by atoms with E-state index >= 15 is 0 Å². The van der Waals surface area contributed by atoms with Gasteiger partial charge < -0.3 is 10.4 Å². The van der Waals surface area contributed by atoms with Crippen molar-refractivity contribution in [1.82, 2.24) is 4.98 Å². The van der Waals surface area contributed by atoms with E-state index in [1.807, 2.05) is 12.1 Å². The molecule has 1 aliphatic rings. The fraction of sp³-hybridized carbons (Fsp3) is 0.615. The average molecular weight is 299 g/mol. The van der Waals surface area contributed by atoms with E-state index in [-0.39, 0.29) is 0 Å². The Bertz CT molecular complexity index is 385.